The van der Waals surface area contributed by atoms with Gasteiger partial charge in [0.05, 0.1) is 10.0 Å². The maximum absolute atomic E-state index is 13.3. The molecule has 0 atom stereocenters. The largest absolute Gasteiger partial charge is 0.480 e. The van der Waals surface area contributed by atoms with Crippen molar-refractivity contribution < 1.29 is 22.3 Å². The van der Waals surface area contributed by atoms with Gasteiger partial charge in [0.25, 0.3) is 0 Å². The van der Waals surface area contributed by atoms with Crippen LogP contribution in [0.5, 0.6) is 5.75 Å². The Kier molecular flexibility index (Phi) is 3.75. The average Bonchev–Trinajstić information content (AvgIpc) is 2.19. The van der Waals surface area contributed by atoms with Crippen molar-refractivity contribution in [2.45, 2.75) is 6.18 Å². The molecule has 0 bridgehead atoms. The molecule has 16 heavy (non-hydrogen) atoms. The molecular weight excluding hydrogens is 294 g/mol. The second-order valence-corrected chi connectivity index (χ2v) is 3.61. The summed E-state index contributed by atoms with van der Waals surface area (Å²) in [6.07, 6.45) is -4.58. The normalized spacial score (nSPS) is 11.0. The minimum Gasteiger partial charge on any atom is -0.480 e. The Bertz CT molecular complexity index is 438. The van der Waals surface area contributed by atoms with Crippen molar-refractivity contribution in [2.24, 2.45) is 0 Å². The lowest BCUT2D eigenvalue weighted by atomic mass is 10.2. The van der Waals surface area contributed by atoms with E-state index in [4.69, 9.17) is 5.26 Å². The standard InChI is InChI=1S/C9H4BrF4NO/c10-6-2-1-5(3-15)8(7(6)11)16-4-9(12,13)14/h1-2H,4H2. The van der Waals surface area contributed by atoms with Crippen LogP contribution in [0.25, 0.3) is 0 Å². The number of hydrogen-bond acceptors (Lipinski definition) is 2. The van der Waals surface area contributed by atoms with E-state index in [0.717, 1.165) is 0 Å². The van der Waals surface area contributed by atoms with Crippen LogP contribution in [0.1, 0.15) is 5.56 Å². The van der Waals surface area contributed by atoms with Gasteiger partial charge in [0, 0.05) is 0 Å². The molecule has 0 aliphatic carbocycles. The lowest BCUT2D eigenvalue weighted by molar-refractivity contribution is -0.153. The Morgan fingerprint density at radius 1 is 1.38 bits per heavy atom. The smallest absolute Gasteiger partial charge is 0.422 e. The Labute approximate surface area is 96.6 Å². The number of alkyl halides is 3. The van der Waals surface area contributed by atoms with Gasteiger partial charge in [0.1, 0.15) is 6.07 Å². The summed E-state index contributed by atoms with van der Waals surface area (Å²) in [6, 6.07) is 3.93. The Morgan fingerprint density at radius 3 is 2.50 bits per heavy atom. The third kappa shape index (κ3) is 3.10. The van der Waals surface area contributed by atoms with E-state index < -0.39 is 24.3 Å². The van der Waals surface area contributed by atoms with Gasteiger partial charge in [-0.3, -0.25) is 0 Å². The fourth-order valence-corrected chi connectivity index (χ4v) is 1.23. The van der Waals surface area contributed by atoms with Crippen LogP contribution >= 0.6 is 15.9 Å². The number of nitrogens with zero attached hydrogens (tertiary/aromatic N) is 1. The summed E-state index contributed by atoms with van der Waals surface area (Å²) in [5.41, 5.74) is -0.287. The second-order valence-electron chi connectivity index (χ2n) is 2.75. The molecule has 0 aliphatic heterocycles. The summed E-state index contributed by atoms with van der Waals surface area (Å²) >= 11 is 2.78. The average molecular weight is 298 g/mol. The molecule has 1 rings (SSSR count). The van der Waals surface area contributed by atoms with Crippen molar-refractivity contribution >= 4 is 15.9 Å². The van der Waals surface area contributed by atoms with Gasteiger partial charge in [0.2, 0.25) is 0 Å². The lowest BCUT2D eigenvalue weighted by Crippen LogP contribution is -2.20. The number of rotatable bonds is 2. The topological polar surface area (TPSA) is 33.0 Å². The van der Waals surface area contributed by atoms with Crippen LogP contribution in [0.4, 0.5) is 17.6 Å². The highest BCUT2D eigenvalue weighted by Gasteiger charge is 2.29. The highest BCUT2D eigenvalue weighted by atomic mass is 79.9. The minimum absolute atomic E-state index is 0.0660. The summed E-state index contributed by atoms with van der Waals surface area (Å²) in [4.78, 5) is 0. The zero-order valence-corrected chi connectivity index (χ0v) is 9.19. The second kappa shape index (κ2) is 4.70. The van der Waals surface area contributed by atoms with Gasteiger partial charge < -0.3 is 4.74 Å². The third-order valence-electron chi connectivity index (χ3n) is 1.55. The number of benzene rings is 1. The van der Waals surface area contributed by atoms with E-state index in [1.807, 2.05) is 0 Å². The van der Waals surface area contributed by atoms with Crippen LogP contribution in [-0.4, -0.2) is 12.8 Å². The highest BCUT2D eigenvalue weighted by molar-refractivity contribution is 9.10. The van der Waals surface area contributed by atoms with Gasteiger partial charge in [-0.05, 0) is 28.1 Å². The molecular formula is C9H4BrF4NO. The van der Waals surface area contributed by atoms with Gasteiger partial charge in [-0.2, -0.15) is 18.4 Å². The van der Waals surface area contributed by atoms with Crippen molar-refractivity contribution in [1.29, 1.82) is 5.26 Å². The molecule has 7 heteroatoms. The van der Waals surface area contributed by atoms with Crippen LogP contribution in [0.2, 0.25) is 0 Å². The molecule has 86 valence electrons. The summed E-state index contributed by atoms with van der Waals surface area (Å²) < 4.78 is 53.1. The lowest BCUT2D eigenvalue weighted by Gasteiger charge is -2.11. The summed E-state index contributed by atoms with van der Waals surface area (Å²) in [7, 11) is 0. The maximum Gasteiger partial charge on any atom is 0.422 e. The minimum atomic E-state index is -4.58. The molecule has 0 fully saturated rings. The van der Waals surface area contributed by atoms with E-state index >= 15 is 0 Å². The van der Waals surface area contributed by atoms with Gasteiger partial charge in [-0.1, -0.05) is 0 Å². The van der Waals surface area contributed by atoms with Crippen LogP contribution in [-0.2, 0) is 0 Å². The summed E-state index contributed by atoms with van der Waals surface area (Å²) in [5.74, 6) is -1.72. The first-order valence-corrected chi connectivity index (χ1v) is 4.72. The fourth-order valence-electron chi connectivity index (χ4n) is 0.915. The molecule has 0 saturated carbocycles. The Morgan fingerprint density at radius 2 is 2.00 bits per heavy atom. The predicted octanol–water partition coefficient (Wildman–Crippen LogP) is 3.40. The number of hydrogen-bond donors (Lipinski definition) is 0. The maximum atomic E-state index is 13.3. The van der Waals surface area contributed by atoms with Crippen molar-refractivity contribution in [3.8, 4) is 11.8 Å². The van der Waals surface area contributed by atoms with E-state index in [2.05, 4.69) is 20.7 Å². The first-order valence-electron chi connectivity index (χ1n) is 3.93. The molecule has 2 nitrogen and oxygen atoms in total. The quantitative estimate of drug-likeness (QED) is 0.784. The summed E-state index contributed by atoms with van der Waals surface area (Å²) in [6.45, 7) is -1.64. The fraction of sp³-hybridized carbons (Fsp3) is 0.222. The van der Waals surface area contributed by atoms with Gasteiger partial charge in [0.15, 0.2) is 18.2 Å². The van der Waals surface area contributed by atoms with E-state index in [-0.39, 0.29) is 10.0 Å². The summed E-state index contributed by atoms with van der Waals surface area (Å²) in [5, 5.41) is 8.57. The molecule has 1 aromatic rings. The van der Waals surface area contributed by atoms with Crippen LogP contribution < -0.4 is 4.74 Å². The van der Waals surface area contributed by atoms with Gasteiger partial charge >= 0.3 is 6.18 Å². The van der Waals surface area contributed by atoms with Crippen LogP contribution in [0, 0.1) is 17.1 Å². The monoisotopic (exact) mass is 297 g/mol. The molecule has 0 amide bonds. The van der Waals surface area contributed by atoms with E-state index in [1.54, 1.807) is 6.07 Å². The first-order chi connectivity index (χ1) is 7.35. The predicted molar refractivity (Wildman–Crippen MR) is 50.4 cm³/mol. The Balaban J connectivity index is 3.03. The van der Waals surface area contributed by atoms with Crippen molar-refractivity contribution in [2.75, 3.05) is 6.61 Å². The molecule has 0 radical (unpaired) electrons. The molecule has 0 spiro atoms. The van der Waals surface area contributed by atoms with Crippen LogP contribution in [0.3, 0.4) is 0 Å². The third-order valence-corrected chi connectivity index (χ3v) is 2.16. The SMILES string of the molecule is N#Cc1ccc(Br)c(F)c1OCC(F)(F)F. The molecule has 0 N–H and O–H groups in total. The highest BCUT2D eigenvalue weighted by Crippen LogP contribution is 2.30. The molecule has 0 aromatic heterocycles. The zero-order chi connectivity index (χ0) is 12.3. The first kappa shape index (κ1) is 12.8. The zero-order valence-electron chi connectivity index (χ0n) is 7.61. The molecule has 0 heterocycles. The molecule has 0 aliphatic rings. The van der Waals surface area contributed by atoms with Crippen LogP contribution in [0.15, 0.2) is 16.6 Å². The van der Waals surface area contributed by atoms with E-state index in [1.165, 1.54) is 12.1 Å². The van der Waals surface area contributed by atoms with Crippen molar-refractivity contribution in [3.05, 3.63) is 28.0 Å². The number of ether oxygens (including phenoxy) is 1. The number of halogens is 5. The molecule has 1 aromatic carbocycles. The van der Waals surface area contributed by atoms with Crippen molar-refractivity contribution in [3.63, 3.8) is 0 Å². The van der Waals surface area contributed by atoms with E-state index in [0.29, 0.717) is 0 Å². The van der Waals surface area contributed by atoms with Gasteiger partial charge in [-0.25, -0.2) is 4.39 Å². The molecule has 0 saturated heterocycles. The van der Waals surface area contributed by atoms with E-state index in [9.17, 15) is 17.6 Å². The van der Waals surface area contributed by atoms with Crippen molar-refractivity contribution in [1.82, 2.24) is 0 Å². The van der Waals surface area contributed by atoms with Gasteiger partial charge in [-0.15, -0.1) is 0 Å². The Hall–Kier alpha value is -1.29. The molecule has 0 unspecified atom stereocenters. The number of nitriles is 1.